The summed E-state index contributed by atoms with van der Waals surface area (Å²) in [7, 11) is 0. The molecule has 4 N–H and O–H groups in total. The van der Waals surface area contributed by atoms with Crippen LogP contribution in [0.4, 0.5) is 0 Å². The molecule has 2 aliphatic carbocycles. The van der Waals surface area contributed by atoms with Crippen molar-refractivity contribution < 1.29 is 49.0 Å². The first kappa shape index (κ1) is 24.6. The van der Waals surface area contributed by atoms with E-state index in [0.29, 0.717) is 6.42 Å². The van der Waals surface area contributed by atoms with Crippen LogP contribution in [0.25, 0.3) is 0 Å². The zero-order valence-corrected chi connectivity index (χ0v) is 19.3. The van der Waals surface area contributed by atoms with E-state index in [1.165, 1.54) is 6.92 Å². The number of carbonyl (C=O) groups is 2. The number of hydrogen-bond donors (Lipinski definition) is 4. The van der Waals surface area contributed by atoms with Gasteiger partial charge in [0.15, 0.2) is 6.29 Å². The van der Waals surface area contributed by atoms with Crippen LogP contribution in [0.2, 0.25) is 0 Å². The third kappa shape index (κ3) is 4.11. The molecule has 2 aliphatic heterocycles. The van der Waals surface area contributed by atoms with E-state index in [1.54, 1.807) is 6.92 Å². The standard InChI is InChI=1S/C23H34O10/c1-9-5-6-12-15(9)20-16(10(2)21(29)32-20)13(7-23(12,4)33-11(3)25)30-22-19(28)18(27)17(26)14(8-24)31-22/h5,10,12-20,22,24,26-28H,6-8H2,1-4H3/t10-,12+,13-,14+,15-,16+,17+,18-,19+,20+,22+,23+/m0/s1. The lowest BCUT2D eigenvalue weighted by Crippen LogP contribution is -2.60. The van der Waals surface area contributed by atoms with Crippen LogP contribution >= 0.6 is 0 Å². The van der Waals surface area contributed by atoms with Crippen molar-refractivity contribution >= 4 is 11.9 Å². The van der Waals surface area contributed by atoms with Gasteiger partial charge in [-0.05, 0) is 20.3 Å². The second kappa shape index (κ2) is 8.90. The van der Waals surface area contributed by atoms with Gasteiger partial charge in [-0.1, -0.05) is 18.6 Å². The summed E-state index contributed by atoms with van der Waals surface area (Å²) < 4.78 is 23.4. The van der Waals surface area contributed by atoms with Crippen molar-refractivity contribution in [3.63, 3.8) is 0 Å². The van der Waals surface area contributed by atoms with Crippen molar-refractivity contribution in [1.82, 2.24) is 0 Å². The molecule has 10 heteroatoms. The van der Waals surface area contributed by atoms with E-state index in [0.717, 1.165) is 5.57 Å². The van der Waals surface area contributed by atoms with Crippen molar-refractivity contribution in [2.24, 2.45) is 23.7 Å². The molecule has 33 heavy (non-hydrogen) atoms. The lowest BCUT2D eigenvalue weighted by atomic mass is 9.76. The van der Waals surface area contributed by atoms with E-state index in [4.69, 9.17) is 18.9 Å². The molecule has 10 nitrogen and oxygen atoms in total. The molecule has 0 aromatic heterocycles. The van der Waals surface area contributed by atoms with E-state index >= 15 is 0 Å². The average Bonchev–Trinajstić information content (AvgIpc) is 3.24. The highest BCUT2D eigenvalue weighted by Gasteiger charge is 2.61. The van der Waals surface area contributed by atoms with Gasteiger partial charge < -0.3 is 39.4 Å². The fourth-order valence-corrected chi connectivity index (χ4v) is 6.26. The number of esters is 2. The van der Waals surface area contributed by atoms with Crippen molar-refractivity contribution in [3.8, 4) is 0 Å². The highest BCUT2D eigenvalue weighted by Crippen LogP contribution is 2.54. The average molecular weight is 471 g/mol. The molecule has 0 spiro atoms. The monoisotopic (exact) mass is 470 g/mol. The molecule has 0 amide bonds. The summed E-state index contributed by atoms with van der Waals surface area (Å²) in [6, 6.07) is 0. The maximum atomic E-state index is 12.6. The molecule has 4 rings (SSSR count). The van der Waals surface area contributed by atoms with Crippen LogP contribution in [0, 0.1) is 23.7 Å². The van der Waals surface area contributed by atoms with E-state index in [9.17, 15) is 30.0 Å². The van der Waals surface area contributed by atoms with Gasteiger partial charge in [0.05, 0.1) is 18.6 Å². The number of carbonyl (C=O) groups excluding carboxylic acids is 2. The first-order valence-corrected chi connectivity index (χ1v) is 11.5. The van der Waals surface area contributed by atoms with Gasteiger partial charge >= 0.3 is 11.9 Å². The topological polar surface area (TPSA) is 152 Å². The normalized spacial score (nSPS) is 49.5. The van der Waals surface area contributed by atoms with Crippen LogP contribution < -0.4 is 0 Å². The number of aliphatic hydroxyl groups is 4. The van der Waals surface area contributed by atoms with Gasteiger partial charge in [0.1, 0.15) is 36.1 Å². The SMILES string of the molecule is CC(=O)O[C@]1(C)C[C@H](O[C@@H]2O[C@H](CO)[C@@H](O)[C@H](O)[C@H]2O)[C@@H]2[C@H](OC(=O)[C@H]2C)[C@H]2C(C)=CC[C@H]21. The second-order valence-corrected chi connectivity index (χ2v) is 10.1. The molecule has 0 aromatic carbocycles. The lowest BCUT2D eigenvalue weighted by molar-refractivity contribution is -0.318. The third-order valence-electron chi connectivity index (χ3n) is 7.94. The molecule has 0 aromatic rings. The summed E-state index contributed by atoms with van der Waals surface area (Å²) in [4.78, 5) is 24.7. The predicted molar refractivity (Wildman–Crippen MR) is 111 cm³/mol. The number of rotatable bonds is 4. The summed E-state index contributed by atoms with van der Waals surface area (Å²) in [6.45, 7) is 6.34. The second-order valence-electron chi connectivity index (χ2n) is 10.1. The molecule has 0 bridgehead atoms. The highest BCUT2D eigenvalue weighted by molar-refractivity contribution is 5.75. The number of hydrogen-bond acceptors (Lipinski definition) is 10. The summed E-state index contributed by atoms with van der Waals surface area (Å²) in [5.41, 5.74) is 0.115. The number of aliphatic hydroxyl groups excluding tert-OH is 4. The van der Waals surface area contributed by atoms with Gasteiger partial charge in [-0.2, -0.15) is 0 Å². The Kier molecular flexibility index (Phi) is 6.63. The van der Waals surface area contributed by atoms with Gasteiger partial charge in [0.25, 0.3) is 0 Å². The molecular weight excluding hydrogens is 436 g/mol. The highest BCUT2D eigenvalue weighted by atomic mass is 16.7. The number of fused-ring (bicyclic) bond motifs is 3. The summed E-state index contributed by atoms with van der Waals surface area (Å²) in [5.74, 6) is -2.01. The van der Waals surface area contributed by atoms with Crippen LogP contribution in [-0.2, 0) is 28.5 Å². The Labute approximate surface area is 192 Å². The summed E-state index contributed by atoms with van der Waals surface area (Å²) in [6.07, 6.45) is -5.48. The summed E-state index contributed by atoms with van der Waals surface area (Å²) >= 11 is 0. The Morgan fingerprint density at radius 1 is 1.24 bits per heavy atom. The molecular formula is C23H34O10. The minimum Gasteiger partial charge on any atom is -0.461 e. The zero-order valence-electron chi connectivity index (χ0n) is 19.3. The van der Waals surface area contributed by atoms with E-state index in [1.807, 2.05) is 13.8 Å². The molecule has 12 atom stereocenters. The van der Waals surface area contributed by atoms with Gasteiger partial charge in [0.2, 0.25) is 0 Å². The number of allylic oxidation sites excluding steroid dienone is 1. The van der Waals surface area contributed by atoms with E-state index in [2.05, 4.69) is 6.08 Å². The molecule has 0 radical (unpaired) electrons. The smallest absolute Gasteiger partial charge is 0.309 e. The van der Waals surface area contributed by atoms with Gasteiger partial charge in [-0.3, -0.25) is 9.59 Å². The minimum atomic E-state index is -1.59. The predicted octanol–water partition coefficient (Wildman–Crippen LogP) is -0.343. The molecule has 2 saturated heterocycles. The molecule has 2 heterocycles. The van der Waals surface area contributed by atoms with Gasteiger partial charge in [-0.25, -0.2) is 0 Å². The van der Waals surface area contributed by atoms with Crippen LogP contribution in [-0.4, -0.2) is 87.5 Å². The summed E-state index contributed by atoms with van der Waals surface area (Å²) in [5, 5.41) is 40.3. The third-order valence-corrected chi connectivity index (χ3v) is 7.94. The van der Waals surface area contributed by atoms with E-state index < -0.39 is 72.9 Å². The lowest BCUT2D eigenvalue weighted by Gasteiger charge is -2.43. The quantitative estimate of drug-likeness (QED) is 0.317. The van der Waals surface area contributed by atoms with Crippen molar-refractivity contribution in [1.29, 1.82) is 0 Å². The Morgan fingerprint density at radius 2 is 1.94 bits per heavy atom. The fourth-order valence-electron chi connectivity index (χ4n) is 6.26. The maximum absolute atomic E-state index is 12.6. The maximum Gasteiger partial charge on any atom is 0.309 e. The van der Waals surface area contributed by atoms with E-state index in [-0.39, 0.29) is 24.2 Å². The van der Waals surface area contributed by atoms with Crippen LogP contribution in [0.3, 0.4) is 0 Å². The van der Waals surface area contributed by atoms with Gasteiger partial charge in [-0.15, -0.1) is 0 Å². The molecule has 3 fully saturated rings. The fraction of sp³-hybridized carbons (Fsp3) is 0.826. The Hall–Kier alpha value is -1.56. The molecule has 186 valence electrons. The molecule has 4 aliphatic rings. The molecule has 0 unspecified atom stereocenters. The van der Waals surface area contributed by atoms with Crippen LogP contribution in [0.15, 0.2) is 11.6 Å². The first-order chi connectivity index (χ1) is 15.5. The van der Waals surface area contributed by atoms with Crippen LogP contribution in [0.5, 0.6) is 0 Å². The van der Waals surface area contributed by atoms with Crippen molar-refractivity contribution in [2.75, 3.05) is 6.61 Å². The molecule has 1 saturated carbocycles. The minimum absolute atomic E-state index is 0.129. The van der Waals surface area contributed by atoms with Gasteiger partial charge in [0, 0.05) is 31.1 Å². The Morgan fingerprint density at radius 3 is 2.58 bits per heavy atom. The van der Waals surface area contributed by atoms with Crippen molar-refractivity contribution in [2.45, 2.75) is 89.1 Å². The first-order valence-electron chi connectivity index (χ1n) is 11.5. The number of ether oxygens (including phenoxy) is 4. The van der Waals surface area contributed by atoms with Crippen LogP contribution in [0.1, 0.15) is 40.5 Å². The Bertz CT molecular complexity index is 811. The van der Waals surface area contributed by atoms with Crippen molar-refractivity contribution in [3.05, 3.63) is 11.6 Å². The largest absolute Gasteiger partial charge is 0.461 e. The zero-order chi connectivity index (χ0) is 24.2. The Balaban J connectivity index is 1.70.